The quantitative estimate of drug-likeness (QED) is 0.298. The Morgan fingerprint density at radius 2 is 1.95 bits per heavy atom. The van der Waals surface area contributed by atoms with Crippen LogP contribution in [-0.4, -0.2) is 38.8 Å². The third-order valence-electron chi connectivity index (χ3n) is 2.87. The molecule has 0 atom stereocenters. The molecule has 0 amide bonds. The molecule has 0 heterocycles. The van der Waals surface area contributed by atoms with Gasteiger partial charge in [-0.1, -0.05) is 0 Å². The van der Waals surface area contributed by atoms with Gasteiger partial charge < -0.3 is 18.9 Å². The second-order valence-electron chi connectivity index (χ2n) is 4.35. The predicted molar refractivity (Wildman–Crippen MR) is 77.1 cm³/mol. The first-order valence-corrected chi connectivity index (χ1v) is 6.57. The van der Waals surface area contributed by atoms with E-state index in [1.807, 2.05) is 0 Å². The molecule has 8 heteroatoms. The van der Waals surface area contributed by atoms with Crippen molar-refractivity contribution in [2.24, 2.45) is 0 Å². The van der Waals surface area contributed by atoms with E-state index in [9.17, 15) is 14.9 Å². The highest BCUT2D eigenvalue weighted by Gasteiger charge is 2.19. The molecule has 0 aromatic heterocycles. The van der Waals surface area contributed by atoms with Crippen molar-refractivity contribution in [1.82, 2.24) is 0 Å². The fourth-order valence-corrected chi connectivity index (χ4v) is 1.81. The van der Waals surface area contributed by atoms with Crippen molar-refractivity contribution in [3.63, 3.8) is 0 Å². The monoisotopic (exact) mass is 313 g/mol. The topological polar surface area (TPSA) is 97.1 Å². The molecule has 1 aromatic carbocycles. The molecule has 0 N–H and O–H groups in total. The number of nitrogens with zero attached hydrogens (tertiary/aromatic N) is 1. The van der Waals surface area contributed by atoms with Crippen LogP contribution in [0.15, 0.2) is 12.1 Å². The Morgan fingerprint density at radius 1 is 1.23 bits per heavy atom. The Labute approximate surface area is 128 Å². The van der Waals surface area contributed by atoms with Gasteiger partial charge in [-0.15, -0.1) is 0 Å². The van der Waals surface area contributed by atoms with Crippen LogP contribution in [0.3, 0.4) is 0 Å². The van der Waals surface area contributed by atoms with E-state index in [2.05, 4.69) is 4.74 Å². The minimum Gasteiger partial charge on any atom is -0.493 e. The molecule has 1 rings (SSSR count). The summed E-state index contributed by atoms with van der Waals surface area (Å²) < 4.78 is 20.1. The van der Waals surface area contributed by atoms with Crippen molar-refractivity contribution >= 4 is 11.7 Å². The molecule has 0 unspecified atom stereocenters. The molecule has 0 saturated heterocycles. The standard InChI is InChI=1S/C14H19NO7/c1-19-9-10-7-12(20-2)13(8-11(10)15(17)18)22-6-4-5-14(16)21-3/h7-8H,4-6,9H2,1-3H3. The van der Waals surface area contributed by atoms with Crippen LogP contribution in [0.4, 0.5) is 5.69 Å². The fraction of sp³-hybridized carbons (Fsp3) is 0.500. The zero-order valence-corrected chi connectivity index (χ0v) is 12.8. The number of hydrogen-bond acceptors (Lipinski definition) is 7. The first kappa shape index (κ1) is 17.7. The van der Waals surface area contributed by atoms with Gasteiger partial charge >= 0.3 is 5.97 Å². The maximum absolute atomic E-state index is 11.1. The Bertz CT molecular complexity index is 530. The SMILES string of the molecule is COCc1cc(OC)c(OCCCC(=O)OC)cc1[N+](=O)[O-]. The van der Waals surface area contributed by atoms with Crippen molar-refractivity contribution in [3.05, 3.63) is 27.8 Å². The summed E-state index contributed by atoms with van der Waals surface area (Å²) in [5.41, 5.74) is 0.289. The van der Waals surface area contributed by atoms with Crippen LogP contribution < -0.4 is 9.47 Å². The Morgan fingerprint density at radius 3 is 2.50 bits per heavy atom. The molecule has 0 aliphatic rings. The lowest BCUT2D eigenvalue weighted by Gasteiger charge is -2.12. The number of nitro groups is 1. The molecule has 0 aliphatic heterocycles. The maximum atomic E-state index is 11.1. The Hall–Kier alpha value is -2.35. The summed E-state index contributed by atoms with van der Waals surface area (Å²) in [7, 11) is 4.20. The van der Waals surface area contributed by atoms with Gasteiger partial charge in [-0.05, 0) is 12.5 Å². The van der Waals surface area contributed by atoms with Crippen LogP contribution in [0.25, 0.3) is 0 Å². The first-order chi connectivity index (χ1) is 10.5. The lowest BCUT2D eigenvalue weighted by atomic mass is 10.1. The van der Waals surface area contributed by atoms with E-state index in [0.29, 0.717) is 17.7 Å². The third-order valence-corrected chi connectivity index (χ3v) is 2.87. The maximum Gasteiger partial charge on any atom is 0.305 e. The molecule has 22 heavy (non-hydrogen) atoms. The summed E-state index contributed by atoms with van der Waals surface area (Å²) >= 11 is 0. The van der Waals surface area contributed by atoms with Gasteiger partial charge in [0.25, 0.3) is 5.69 Å². The van der Waals surface area contributed by atoms with Gasteiger partial charge in [0.05, 0.1) is 44.0 Å². The minimum atomic E-state index is -0.505. The van der Waals surface area contributed by atoms with E-state index >= 15 is 0 Å². The van der Waals surface area contributed by atoms with Crippen LogP contribution in [0.2, 0.25) is 0 Å². The van der Waals surface area contributed by atoms with Gasteiger partial charge in [0.15, 0.2) is 11.5 Å². The number of rotatable bonds is 9. The average molecular weight is 313 g/mol. The molecule has 1 aromatic rings. The van der Waals surface area contributed by atoms with Crippen molar-refractivity contribution in [1.29, 1.82) is 0 Å². The van der Waals surface area contributed by atoms with Crippen LogP contribution in [-0.2, 0) is 20.9 Å². The summed E-state index contributed by atoms with van der Waals surface area (Å²) in [4.78, 5) is 21.6. The van der Waals surface area contributed by atoms with E-state index in [1.54, 1.807) is 0 Å². The number of nitro benzene ring substituents is 1. The Balaban J connectivity index is 2.86. The first-order valence-electron chi connectivity index (χ1n) is 6.57. The number of esters is 1. The van der Waals surface area contributed by atoms with Gasteiger partial charge in [-0.3, -0.25) is 14.9 Å². The zero-order valence-electron chi connectivity index (χ0n) is 12.8. The summed E-state index contributed by atoms with van der Waals surface area (Å²) in [6, 6.07) is 2.81. The van der Waals surface area contributed by atoms with E-state index in [1.165, 1.54) is 33.5 Å². The van der Waals surface area contributed by atoms with E-state index < -0.39 is 4.92 Å². The Kier molecular flexibility index (Phi) is 7.11. The zero-order chi connectivity index (χ0) is 16.5. The van der Waals surface area contributed by atoms with E-state index in [4.69, 9.17) is 14.2 Å². The molecule has 0 saturated carbocycles. The van der Waals surface area contributed by atoms with Crippen molar-refractivity contribution < 1.29 is 28.7 Å². The highest BCUT2D eigenvalue weighted by atomic mass is 16.6. The number of ether oxygens (including phenoxy) is 4. The fourth-order valence-electron chi connectivity index (χ4n) is 1.81. The number of carbonyl (C=O) groups excluding carboxylic acids is 1. The molecule has 0 fully saturated rings. The molecular weight excluding hydrogens is 294 g/mol. The number of hydrogen-bond donors (Lipinski definition) is 0. The van der Waals surface area contributed by atoms with Gasteiger partial charge in [0, 0.05) is 13.5 Å². The lowest BCUT2D eigenvalue weighted by Crippen LogP contribution is -2.06. The highest BCUT2D eigenvalue weighted by molar-refractivity contribution is 5.69. The summed E-state index contributed by atoms with van der Waals surface area (Å²) in [5, 5.41) is 11.1. The van der Waals surface area contributed by atoms with Crippen LogP contribution in [0.5, 0.6) is 11.5 Å². The second-order valence-corrected chi connectivity index (χ2v) is 4.35. The van der Waals surface area contributed by atoms with Gasteiger partial charge in [0.2, 0.25) is 0 Å². The number of methoxy groups -OCH3 is 3. The number of carbonyl (C=O) groups is 1. The third kappa shape index (κ3) is 4.88. The summed E-state index contributed by atoms with van der Waals surface area (Å²) in [6.07, 6.45) is 0.645. The molecular formula is C14H19NO7. The summed E-state index contributed by atoms with van der Waals surface area (Å²) in [5.74, 6) is 0.284. The lowest BCUT2D eigenvalue weighted by molar-refractivity contribution is -0.386. The smallest absolute Gasteiger partial charge is 0.305 e. The molecule has 8 nitrogen and oxygen atoms in total. The van der Waals surface area contributed by atoms with E-state index in [0.717, 1.165) is 0 Å². The number of benzene rings is 1. The van der Waals surface area contributed by atoms with Crippen molar-refractivity contribution in [3.8, 4) is 11.5 Å². The van der Waals surface area contributed by atoms with Gasteiger partial charge in [-0.2, -0.15) is 0 Å². The van der Waals surface area contributed by atoms with Gasteiger partial charge in [-0.25, -0.2) is 0 Å². The molecule has 0 radical (unpaired) electrons. The normalized spacial score (nSPS) is 10.1. The van der Waals surface area contributed by atoms with Crippen molar-refractivity contribution in [2.75, 3.05) is 27.9 Å². The highest BCUT2D eigenvalue weighted by Crippen LogP contribution is 2.35. The van der Waals surface area contributed by atoms with Gasteiger partial charge in [0.1, 0.15) is 0 Å². The van der Waals surface area contributed by atoms with Crippen LogP contribution >= 0.6 is 0 Å². The van der Waals surface area contributed by atoms with E-state index in [-0.39, 0.29) is 37.0 Å². The van der Waals surface area contributed by atoms with Crippen LogP contribution in [0.1, 0.15) is 18.4 Å². The second kappa shape index (κ2) is 8.83. The largest absolute Gasteiger partial charge is 0.493 e. The molecule has 0 aliphatic carbocycles. The molecule has 0 bridgehead atoms. The minimum absolute atomic E-state index is 0.0926. The molecule has 122 valence electrons. The predicted octanol–water partition coefficient (Wildman–Crippen LogP) is 2.08. The van der Waals surface area contributed by atoms with Crippen LogP contribution in [0, 0.1) is 10.1 Å². The van der Waals surface area contributed by atoms with Crippen molar-refractivity contribution in [2.45, 2.75) is 19.4 Å². The summed E-state index contributed by atoms with van der Waals surface area (Å²) in [6.45, 7) is 0.307. The average Bonchev–Trinajstić information content (AvgIpc) is 2.51. The molecule has 0 spiro atoms.